The van der Waals surface area contributed by atoms with Gasteiger partial charge in [0.1, 0.15) is 11.4 Å². The topological polar surface area (TPSA) is 105 Å². The number of rotatable bonds is 9. The Balaban J connectivity index is 1.28. The van der Waals surface area contributed by atoms with Crippen molar-refractivity contribution >= 4 is 75.4 Å². The third-order valence-corrected chi connectivity index (χ3v) is 8.45. The van der Waals surface area contributed by atoms with Crippen molar-refractivity contribution in [2.75, 3.05) is 17.3 Å². The van der Waals surface area contributed by atoms with Gasteiger partial charge in [0.25, 0.3) is 11.8 Å². The van der Waals surface area contributed by atoms with E-state index in [1.807, 2.05) is 12.1 Å². The van der Waals surface area contributed by atoms with Crippen molar-refractivity contribution in [3.8, 4) is 5.75 Å². The van der Waals surface area contributed by atoms with E-state index < -0.39 is 17.1 Å². The van der Waals surface area contributed by atoms with E-state index in [9.17, 15) is 19.2 Å². The van der Waals surface area contributed by atoms with Gasteiger partial charge >= 0.3 is 0 Å². The summed E-state index contributed by atoms with van der Waals surface area (Å²) in [4.78, 5) is 53.9. The quantitative estimate of drug-likeness (QED) is 0.124. The summed E-state index contributed by atoms with van der Waals surface area (Å²) in [7, 11) is 1.57. The summed E-state index contributed by atoms with van der Waals surface area (Å²) < 4.78 is 6.22. The van der Waals surface area contributed by atoms with Crippen molar-refractivity contribution in [1.82, 2.24) is 5.32 Å². The molecule has 0 bridgehead atoms. The van der Waals surface area contributed by atoms with Crippen LogP contribution in [0.25, 0.3) is 6.08 Å². The third-order valence-electron chi connectivity index (χ3n) is 6.54. The minimum absolute atomic E-state index is 0.0585. The highest BCUT2D eigenvalue weighted by molar-refractivity contribution is 14.1. The molecule has 1 unspecified atom stereocenters. The summed E-state index contributed by atoms with van der Waals surface area (Å²) in [5.74, 6) is -0.749. The number of carbonyl (C=O) groups is 4. The lowest BCUT2D eigenvalue weighted by Crippen LogP contribution is -2.31. The fourth-order valence-electron chi connectivity index (χ4n) is 4.35. The van der Waals surface area contributed by atoms with Gasteiger partial charge < -0.3 is 15.4 Å². The van der Waals surface area contributed by atoms with Gasteiger partial charge in [-0.1, -0.05) is 30.3 Å². The second-order valence-corrected chi connectivity index (χ2v) is 12.0. The predicted octanol–water partition coefficient (Wildman–Crippen LogP) is 6.13. The first-order chi connectivity index (χ1) is 20.8. The molecule has 8 nitrogen and oxygen atoms in total. The van der Waals surface area contributed by atoms with Crippen molar-refractivity contribution in [1.29, 1.82) is 0 Å². The van der Waals surface area contributed by atoms with Crippen LogP contribution in [0.15, 0.2) is 114 Å². The third kappa shape index (κ3) is 7.51. The molecule has 0 aliphatic carbocycles. The van der Waals surface area contributed by atoms with Gasteiger partial charge in [0.05, 0.1) is 18.0 Å². The van der Waals surface area contributed by atoms with Gasteiger partial charge in [0, 0.05) is 26.1 Å². The van der Waals surface area contributed by atoms with E-state index in [0.717, 1.165) is 8.47 Å². The summed E-state index contributed by atoms with van der Waals surface area (Å²) in [5, 5.41) is 5.00. The Labute approximate surface area is 266 Å². The Kier molecular flexibility index (Phi) is 9.58. The lowest BCUT2D eigenvalue weighted by atomic mass is 10.1. The van der Waals surface area contributed by atoms with Crippen LogP contribution >= 0.6 is 34.4 Å². The van der Waals surface area contributed by atoms with Crippen LogP contribution in [-0.2, 0) is 14.4 Å². The van der Waals surface area contributed by atoms with E-state index >= 15 is 0 Å². The molecule has 1 atom stereocenters. The maximum absolute atomic E-state index is 13.3. The lowest BCUT2D eigenvalue weighted by molar-refractivity contribution is -0.121. The maximum atomic E-state index is 13.3. The molecule has 5 rings (SSSR count). The number of ether oxygens (including phenoxy) is 1. The zero-order valence-electron chi connectivity index (χ0n) is 23.0. The molecule has 0 radical (unpaired) electrons. The molecule has 2 N–H and O–H groups in total. The summed E-state index contributed by atoms with van der Waals surface area (Å²) in [6.45, 7) is 0. The highest BCUT2D eigenvalue weighted by atomic mass is 127. The second-order valence-electron chi connectivity index (χ2n) is 9.48. The average molecular weight is 704 g/mol. The molecule has 1 aliphatic heterocycles. The van der Waals surface area contributed by atoms with Crippen molar-refractivity contribution in [2.45, 2.75) is 16.6 Å². The van der Waals surface area contributed by atoms with Crippen molar-refractivity contribution in [2.24, 2.45) is 0 Å². The summed E-state index contributed by atoms with van der Waals surface area (Å²) in [6.07, 6.45) is 1.69. The summed E-state index contributed by atoms with van der Waals surface area (Å²) in [6, 6.07) is 29.9. The minimum Gasteiger partial charge on any atom is -0.497 e. The predicted molar refractivity (Wildman–Crippen MR) is 176 cm³/mol. The second kappa shape index (κ2) is 13.7. The maximum Gasteiger partial charge on any atom is 0.272 e. The largest absolute Gasteiger partial charge is 0.497 e. The van der Waals surface area contributed by atoms with Gasteiger partial charge in [-0.05, 0) is 107 Å². The average Bonchev–Trinajstić information content (AvgIpc) is 3.30. The van der Waals surface area contributed by atoms with Crippen molar-refractivity contribution in [3.05, 3.63) is 124 Å². The van der Waals surface area contributed by atoms with Gasteiger partial charge in [0.2, 0.25) is 11.8 Å². The van der Waals surface area contributed by atoms with Crippen LogP contribution in [0.4, 0.5) is 11.4 Å². The zero-order chi connectivity index (χ0) is 30.3. The van der Waals surface area contributed by atoms with Crippen LogP contribution in [0.2, 0.25) is 0 Å². The zero-order valence-corrected chi connectivity index (χ0v) is 25.9. The number of carbonyl (C=O) groups excluding carboxylic acids is 4. The number of nitrogens with zero attached hydrogens (tertiary/aromatic N) is 1. The summed E-state index contributed by atoms with van der Waals surface area (Å²) in [5.41, 5.74) is 2.23. The fraction of sp³-hybridized carbons (Fsp3) is 0.0909. The van der Waals surface area contributed by atoms with E-state index in [1.165, 1.54) is 16.7 Å². The number of halogens is 1. The van der Waals surface area contributed by atoms with Crippen molar-refractivity contribution < 1.29 is 23.9 Å². The van der Waals surface area contributed by atoms with Gasteiger partial charge in [-0.15, -0.1) is 11.8 Å². The van der Waals surface area contributed by atoms with Crippen LogP contribution in [0.5, 0.6) is 5.75 Å². The number of amides is 4. The molecule has 43 heavy (non-hydrogen) atoms. The lowest BCUT2D eigenvalue weighted by Gasteiger charge is -2.15. The number of benzene rings is 4. The van der Waals surface area contributed by atoms with E-state index in [0.29, 0.717) is 28.3 Å². The number of thioether (sulfide) groups is 1. The molecule has 0 spiro atoms. The summed E-state index contributed by atoms with van der Waals surface area (Å²) >= 11 is 3.48. The Morgan fingerprint density at radius 2 is 1.58 bits per heavy atom. The highest BCUT2D eigenvalue weighted by Gasteiger charge is 2.40. The molecule has 0 saturated carbocycles. The monoisotopic (exact) mass is 703 g/mol. The van der Waals surface area contributed by atoms with Crippen molar-refractivity contribution in [3.63, 3.8) is 0 Å². The van der Waals surface area contributed by atoms with E-state index in [1.54, 1.807) is 104 Å². The number of methoxy groups -OCH3 is 1. The Morgan fingerprint density at radius 3 is 2.23 bits per heavy atom. The molecule has 1 aliphatic rings. The first kappa shape index (κ1) is 30.1. The van der Waals surface area contributed by atoms with Crippen LogP contribution in [0.1, 0.15) is 22.3 Å². The number of nitrogens with one attached hydrogen (secondary N) is 2. The molecule has 216 valence electrons. The Hall–Kier alpha value is -4.42. The van der Waals surface area contributed by atoms with E-state index in [4.69, 9.17) is 4.74 Å². The number of anilines is 2. The fourth-order valence-corrected chi connectivity index (χ4v) is 5.76. The van der Waals surface area contributed by atoms with Gasteiger partial charge in [-0.25, -0.2) is 4.90 Å². The van der Waals surface area contributed by atoms with Crippen LogP contribution in [0, 0.1) is 3.57 Å². The molecule has 1 heterocycles. The van der Waals surface area contributed by atoms with Gasteiger partial charge in [-0.2, -0.15) is 0 Å². The normalized spacial score (nSPS) is 14.9. The molecule has 4 amide bonds. The van der Waals surface area contributed by atoms with E-state index in [2.05, 4.69) is 33.2 Å². The Bertz CT molecular complexity index is 1670. The molecular formula is C33H26IN3O5S. The van der Waals surface area contributed by atoms with Crippen LogP contribution in [-0.4, -0.2) is 36.0 Å². The van der Waals surface area contributed by atoms with Gasteiger partial charge in [-0.3, -0.25) is 19.2 Å². The number of imide groups is 1. The first-order valence-corrected chi connectivity index (χ1v) is 15.2. The smallest absolute Gasteiger partial charge is 0.272 e. The Morgan fingerprint density at radius 1 is 0.907 bits per heavy atom. The first-order valence-electron chi connectivity index (χ1n) is 13.2. The van der Waals surface area contributed by atoms with Crippen LogP contribution < -0.4 is 20.3 Å². The van der Waals surface area contributed by atoms with Gasteiger partial charge in [0.15, 0.2) is 0 Å². The molecule has 4 aromatic rings. The molecule has 4 aromatic carbocycles. The molecule has 1 saturated heterocycles. The highest BCUT2D eigenvalue weighted by Crippen LogP contribution is 2.34. The standard InChI is InChI=1S/C33H26IN3O5S/c1-42-26-15-7-21(8-16-26)19-28(36-31(39)22-5-3-2-4-6-22)32(40)35-24-11-17-27(18-12-24)43-29-20-30(38)37(33(29)41)25-13-9-23(34)10-14-25/h2-19,29H,20H2,1H3,(H,35,40)(H,36,39)/b28-19-. The minimum atomic E-state index is -0.542. The number of hydrogen-bond acceptors (Lipinski definition) is 6. The SMILES string of the molecule is COc1ccc(/C=C(\NC(=O)c2ccccc2)C(=O)Nc2ccc(SC3CC(=O)N(c4ccc(I)cc4)C3=O)cc2)cc1. The molecular weight excluding hydrogens is 677 g/mol. The van der Waals surface area contributed by atoms with Crippen LogP contribution in [0.3, 0.4) is 0 Å². The number of hydrogen-bond donors (Lipinski definition) is 2. The molecule has 1 fully saturated rings. The van der Waals surface area contributed by atoms with E-state index in [-0.39, 0.29) is 23.9 Å². The molecule has 0 aromatic heterocycles. The molecule has 10 heteroatoms.